The number of nitrogens with one attached hydrogen (secondary N) is 1. The van der Waals surface area contributed by atoms with E-state index in [1.54, 1.807) is 24.3 Å². The number of hydrogen-bond donors (Lipinski definition) is 2. The van der Waals surface area contributed by atoms with Crippen molar-refractivity contribution in [1.82, 2.24) is 5.32 Å². The second kappa shape index (κ2) is 6.48. The molecular formula is C15H19NO5S. The molecule has 2 rings (SSSR count). The highest BCUT2D eigenvalue weighted by Gasteiger charge is 2.33. The number of carbonyl (C=O) groups is 2. The molecule has 0 aromatic heterocycles. The molecular weight excluding hydrogens is 306 g/mol. The van der Waals surface area contributed by atoms with Crippen LogP contribution in [0.25, 0.3) is 0 Å². The van der Waals surface area contributed by atoms with E-state index in [9.17, 15) is 18.0 Å². The van der Waals surface area contributed by atoms with Gasteiger partial charge in [0.05, 0.1) is 11.7 Å². The molecule has 7 heteroatoms. The van der Waals surface area contributed by atoms with E-state index in [-0.39, 0.29) is 17.7 Å². The second-order valence-electron chi connectivity index (χ2n) is 5.72. The minimum Gasteiger partial charge on any atom is -0.481 e. The average molecular weight is 325 g/mol. The third-order valence-corrected chi connectivity index (χ3v) is 4.65. The molecule has 1 aromatic rings. The quantitative estimate of drug-likeness (QED) is 0.847. The normalized spacial score (nSPS) is 21.5. The number of carboxylic acids is 1. The van der Waals surface area contributed by atoms with Crippen molar-refractivity contribution in [2.75, 3.05) is 6.26 Å². The van der Waals surface area contributed by atoms with Crippen molar-refractivity contribution in [1.29, 1.82) is 0 Å². The van der Waals surface area contributed by atoms with E-state index in [1.807, 2.05) is 0 Å². The van der Waals surface area contributed by atoms with Crippen molar-refractivity contribution < 1.29 is 23.1 Å². The molecule has 0 heterocycles. The Bertz CT molecular complexity index is 666. The van der Waals surface area contributed by atoms with Gasteiger partial charge in [-0.25, -0.2) is 8.42 Å². The van der Waals surface area contributed by atoms with Crippen molar-refractivity contribution in [2.45, 2.75) is 31.1 Å². The summed E-state index contributed by atoms with van der Waals surface area (Å²) in [5.74, 6) is -1.82. The molecule has 0 saturated heterocycles. The molecule has 120 valence electrons. The van der Waals surface area contributed by atoms with Crippen LogP contribution in [0.2, 0.25) is 0 Å². The van der Waals surface area contributed by atoms with Crippen LogP contribution >= 0.6 is 0 Å². The first-order chi connectivity index (χ1) is 10.3. The molecule has 6 nitrogen and oxygen atoms in total. The molecule has 22 heavy (non-hydrogen) atoms. The number of aliphatic carboxylic acids is 1. The number of carbonyl (C=O) groups excluding carboxylic acids is 1. The van der Waals surface area contributed by atoms with Crippen LogP contribution in [0.1, 0.15) is 35.2 Å². The fraction of sp³-hybridized carbons (Fsp3) is 0.467. The molecule has 0 spiro atoms. The van der Waals surface area contributed by atoms with Gasteiger partial charge in [-0.3, -0.25) is 9.59 Å². The largest absolute Gasteiger partial charge is 0.481 e. The maximum absolute atomic E-state index is 12.1. The van der Waals surface area contributed by atoms with Crippen LogP contribution in [0.5, 0.6) is 0 Å². The van der Waals surface area contributed by atoms with Crippen LogP contribution in [0.15, 0.2) is 24.3 Å². The minimum absolute atomic E-state index is 0.0708. The van der Waals surface area contributed by atoms with Crippen molar-refractivity contribution in [2.24, 2.45) is 5.92 Å². The zero-order valence-corrected chi connectivity index (χ0v) is 13.1. The summed E-state index contributed by atoms with van der Waals surface area (Å²) < 4.78 is 22.4. The third-order valence-electron chi connectivity index (χ3n) is 3.79. The van der Waals surface area contributed by atoms with Crippen LogP contribution in [0, 0.1) is 5.92 Å². The lowest BCUT2D eigenvalue weighted by Gasteiger charge is -2.17. The lowest BCUT2D eigenvalue weighted by Crippen LogP contribution is -2.40. The van der Waals surface area contributed by atoms with E-state index in [0.29, 0.717) is 24.0 Å². The van der Waals surface area contributed by atoms with Gasteiger partial charge >= 0.3 is 5.97 Å². The Labute approximate surface area is 129 Å². The summed E-state index contributed by atoms with van der Waals surface area (Å²) in [5, 5.41) is 11.9. The Balaban J connectivity index is 2.02. The summed E-state index contributed by atoms with van der Waals surface area (Å²) in [6.45, 7) is 0. The second-order valence-corrected chi connectivity index (χ2v) is 7.86. The van der Waals surface area contributed by atoms with Gasteiger partial charge in [0.1, 0.15) is 0 Å². The maximum atomic E-state index is 12.1. The molecule has 0 bridgehead atoms. The highest BCUT2D eigenvalue weighted by atomic mass is 32.2. The summed E-state index contributed by atoms with van der Waals surface area (Å²) >= 11 is 0. The zero-order chi connectivity index (χ0) is 16.3. The predicted molar refractivity (Wildman–Crippen MR) is 81.2 cm³/mol. The summed E-state index contributed by atoms with van der Waals surface area (Å²) in [4.78, 5) is 23.2. The van der Waals surface area contributed by atoms with E-state index in [4.69, 9.17) is 5.11 Å². The van der Waals surface area contributed by atoms with Crippen LogP contribution in [-0.4, -0.2) is 37.7 Å². The Morgan fingerprint density at radius 2 is 1.86 bits per heavy atom. The Kier molecular flexibility index (Phi) is 4.85. The fourth-order valence-corrected chi connectivity index (χ4v) is 3.53. The van der Waals surface area contributed by atoms with Gasteiger partial charge in [0.15, 0.2) is 9.84 Å². The fourth-order valence-electron chi connectivity index (χ4n) is 2.74. The smallest absolute Gasteiger partial charge is 0.308 e. The minimum atomic E-state index is -3.11. The van der Waals surface area contributed by atoms with Gasteiger partial charge in [0.25, 0.3) is 5.91 Å². The standard InChI is InChI=1S/C15H19NO5S/c1-22(20,21)9-10-5-7-11(8-6-10)14(17)16-13-4-2-3-12(13)15(18)19/h5-8,12-13H,2-4,9H2,1H3,(H,16,17)(H,18,19)/t12-,13+/m0/s1. The van der Waals surface area contributed by atoms with Gasteiger partial charge in [0, 0.05) is 17.9 Å². The summed E-state index contributed by atoms with van der Waals surface area (Å²) in [5.41, 5.74) is 1.01. The van der Waals surface area contributed by atoms with Gasteiger partial charge in [-0.2, -0.15) is 0 Å². The van der Waals surface area contributed by atoms with Crippen LogP contribution in [0.3, 0.4) is 0 Å². The van der Waals surface area contributed by atoms with Gasteiger partial charge in [-0.15, -0.1) is 0 Å². The Morgan fingerprint density at radius 3 is 2.41 bits per heavy atom. The molecule has 0 aliphatic heterocycles. The van der Waals surface area contributed by atoms with Crippen LogP contribution in [0.4, 0.5) is 0 Å². The average Bonchev–Trinajstić information content (AvgIpc) is 2.86. The van der Waals surface area contributed by atoms with Crippen molar-refractivity contribution >= 4 is 21.7 Å². The van der Waals surface area contributed by atoms with Crippen LogP contribution < -0.4 is 5.32 Å². The van der Waals surface area contributed by atoms with E-state index < -0.39 is 21.7 Å². The number of amides is 1. The molecule has 1 amide bonds. The maximum Gasteiger partial charge on any atom is 0.308 e. The first-order valence-corrected chi connectivity index (χ1v) is 9.12. The van der Waals surface area contributed by atoms with Crippen molar-refractivity contribution in [3.05, 3.63) is 35.4 Å². The molecule has 2 N–H and O–H groups in total. The van der Waals surface area contributed by atoms with E-state index in [0.717, 1.165) is 12.7 Å². The van der Waals surface area contributed by atoms with E-state index in [1.165, 1.54) is 0 Å². The molecule has 0 unspecified atom stereocenters. The molecule has 1 aromatic carbocycles. The first-order valence-electron chi connectivity index (χ1n) is 7.06. The topological polar surface area (TPSA) is 101 Å². The van der Waals surface area contributed by atoms with E-state index in [2.05, 4.69) is 5.32 Å². The predicted octanol–water partition coefficient (Wildman–Crippen LogP) is 1.21. The monoisotopic (exact) mass is 325 g/mol. The van der Waals surface area contributed by atoms with Gasteiger partial charge in [-0.1, -0.05) is 18.6 Å². The Hall–Kier alpha value is -1.89. The number of sulfone groups is 1. The van der Waals surface area contributed by atoms with Crippen LogP contribution in [-0.2, 0) is 20.4 Å². The zero-order valence-electron chi connectivity index (χ0n) is 12.3. The lowest BCUT2D eigenvalue weighted by atomic mass is 10.0. The Morgan fingerprint density at radius 1 is 1.23 bits per heavy atom. The molecule has 2 atom stereocenters. The van der Waals surface area contributed by atoms with Gasteiger partial charge in [0.2, 0.25) is 0 Å². The highest BCUT2D eigenvalue weighted by molar-refractivity contribution is 7.89. The van der Waals surface area contributed by atoms with E-state index >= 15 is 0 Å². The SMILES string of the molecule is CS(=O)(=O)Cc1ccc(C(=O)N[C@@H]2CCC[C@@H]2C(=O)O)cc1. The number of rotatable bonds is 5. The third kappa shape index (κ3) is 4.30. The number of hydrogen-bond acceptors (Lipinski definition) is 4. The molecule has 0 radical (unpaired) electrons. The van der Waals surface area contributed by atoms with Gasteiger partial charge < -0.3 is 10.4 Å². The summed E-state index contributed by atoms with van der Waals surface area (Å²) in [7, 11) is -3.11. The van der Waals surface area contributed by atoms with Crippen molar-refractivity contribution in [3.63, 3.8) is 0 Å². The lowest BCUT2D eigenvalue weighted by molar-refractivity contribution is -0.142. The highest BCUT2D eigenvalue weighted by Crippen LogP contribution is 2.26. The molecule has 1 aliphatic rings. The molecule has 1 saturated carbocycles. The molecule has 1 fully saturated rings. The number of carboxylic acid groups (broad SMARTS) is 1. The first kappa shape index (κ1) is 16.5. The molecule has 1 aliphatic carbocycles. The summed E-state index contributed by atoms with van der Waals surface area (Å²) in [6.07, 6.45) is 3.18. The van der Waals surface area contributed by atoms with Gasteiger partial charge in [-0.05, 0) is 30.5 Å². The van der Waals surface area contributed by atoms with Crippen molar-refractivity contribution in [3.8, 4) is 0 Å². The number of benzene rings is 1. The summed E-state index contributed by atoms with van der Waals surface area (Å²) in [6, 6.07) is 5.96.